The molecule has 0 atom stereocenters. The van der Waals surface area contributed by atoms with Crippen molar-refractivity contribution in [3.05, 3.63) is 35.6 Å². The second kappa shape index (κ2) is 4.28. The summed E-state index contributed by atoms with van der Waals surface area (Å²) in [5, 5.41) is 0. The monoisotopic (exact) mass is 241 g/mol. The fourth-order valence-corrected chi connectivity index (χ4v) is 2.56. The second-order valence-electron chi connectivity index (χ2n) is 3.08. The zero-order chi connectivity index (χ0) is 10.8. The van der Waals surface area contributed by atoms with E-state index in [9.17, 15) is 9.18 Å². The van der Waals surface area contributed by atoms with E-state index in [2.05, 4.69) is 0 Å². The van der Waals surface area contributed by atoms with Crippen LogP contribution in [0, 0.1) is 5.82 Å². The number of hydrogen-bond acceptors (Lipinski definition) is 3. The molecule has 1 saturated heterocycles. The van der Waals surface area contributed by atoms with E-state index in [0.29, 0.717) is 16.4 Å². The Hall–Kier alpha value is -0.940. The van der Waals surface area contributed by atoms with Crippen LogP contribution in [0.4, 0.5) is 4.39 Å². The van der Waals surface area contributed by atoms with Crippen LogP contribution in [0.3, 0.4) is 0 Å². The number of thioether (sulfide) groups is 1. The molecule has 1 aliphatic rings. The van der Waals surface area contributed by atoms with Gasteiger partial charge in [0.1, 0.15) is 10.1 Å². The lowest BCUT2D eigenvalue weighted by molar-refractivity contribution is 0.0861. The molecule has 0 spiro atoms. The number of thiocarbonyl (C=S) groups is 1. The molecule has 1 amide bonds. The van der Waals surface area contributed by atoms with Crippen LogP contribution in [-0.4, -0.2) is 27.4 Å². The number of carbonyl (C=O) groups is 1. The molecule has 1 aliphatic heterocycles. The Labute approximate surface area is 96.5 Å². The van der Waals surface area contributed by atoms with Crippen LogP contribution >= 0.6 is 24.0 Å². The average molecular weight is 241 g/mol. The summed E-state index contributed by atoms with van der Waals surface area (Å²) in [6.07, 6.45) is 0. The molecule has 0 unspecified atom stereocenters. The van der Waals surface area contributed by atoms with Gasteiger partial charge in [-0.2, -0.15) is 0 Å². The normalized spacial score (nSPS) is 15.8. The number of rotatable bonds is 1. The molecule has 15 heavy (non-hydrogen) atoms. The number of carbonyl (C=O) groups excluding carboxylic acids is 1. The van der Waals surface area contributed by atoms with E-state index in [1.54, 1.807) is 6.07 Å². The molecule has 0 aliphatic carbocycles. The third-order valence-electron chi connectivity index (χ3n) is 2.08. The smallest absolute Gasteiger partial charge is 0.259 e. The van der Waals surface area contributed by atoms with E-state index in [4.69, 9.17) is 12.2 Å². The first-order valence-corrected chi connectivity index (χ1v) is 5.82. The molecule has 5 heteroatoms. The van der Waals surface area contributed by atoms with Crippen LogP contribution in [0.1, 0.15) is 10.4 Å². The summed E-state index contributed by atoms with van der Waals surface area (Å²) in [5.41, 5.74) is 0.347. The highest BCUT2D eigenvalue weighted by molar-refractivity contribution is 8.23. The van der Waals surface area contributed by atoms with Gasteiger partial charge in [0, 0.05) is 17.9 Å². The van der Waals surface area contributed by atoms with Crippen LogP contribution < -0.4 is 0 Å². The number of halogens is 1. The van der Waals surface area contributed by atoms with Crippen LogP contribution in [0.5, 0.6) is 0 Å². The molecule has 1 heterocycles. The lowest BCUT2D eigenvalue weighted by Crippen LogP contribution is -2.30. The fourth-order valence-electron chi connectivity index (χ4n) is 1.36. The third-order valence-corrected chi connectivity index (χ3v) is 3.51. The van der Waals surface area contributed by atoms with Gasteiger partial charge in [-0.3, -0.25) is 9.69 Å². The Morgan fingerprint density at radius 1 is 1.53 bits per heavy atom. The Morgan fingerprint density at radius 2 is 2.33 bits per heavy atom. The molecule has 0 N–H and O–H groups in total. The lowest BCUT2D eigenvalue weighted by atomic mass is 10.2. The van der Waals surface area contributed by atoms with Gasteiger partial charge in [-0.15, -0.1) is 0 Å². The van der Waals surface area contributed by atoms with Gasteiger partial charge in [-0.05, 0) is 18.2 Å². The molecule has 2 nitrogen and oxygen atoms in total. The summed E-state index contributed by atoms with van der Waals surface area (Å²) >= 11 is 6.50. The number of nitrogens with zero attached hydrogens (tertiary/aromatic N) is 1. The van der Waals surface area contributed by atoms with Crippen molar-refractivity contribution in [1.82, 2.24) is 4.90 Å². The minimum Gasteiger partial charge on any atom is -0.293 e. The summed E-state index contributed by atoms with van der Waals surface area (Å²) < 4.78 is 13.5. The maximum atomic E-state index is 12.9. The van der Waals surface area contributed by atoms with Crippen molar-refractivity contribution in [2.75, 3.05) is 12.3 Å². The summed E-state index contributed by atoms with van der Waals surface area (Å²) in [5.74, 6) is 0.197. The average Bonchev–Trinajstić information content (AvgIpc) is 2.63. The van der Waals surface area contributed by atoms with Gasteiger partial charge in [-0.25, -0.2) is 4.39 Å². The Morgan fingerprint density at radius 3 is 2.93 bits per heavy atom. The summed E-state index contributed by atoms with van der Waals surface area (Å²) in [7, 11) is 0. The first-order valence-electron chi connectivity index (χ1n) is 4.42. The van der Waals surface area contributed by atoms with Gasteiger partial charge >= 0.3 is 0 Å². The molecule has 0 saturated carbocycles. The van der Waals surface area contributed by atoms with E-state index in [1.807, 2.05) is 0 Å². The van der Waals surface area contributed by atoms with Crippen molar-refractivity contribution in [2.24, 2.45) is 0 Å². The van der Waals surface area contributed by atoms with Gasteiger partial charge in [0.05, 0.1) is 0 Å². The Balaban J connectivity index is 2.24. The maximum Gasteiger partial charge on any atom is 0.259 e. The standard InChI is InChI=1S/C10H8FNOS2/c11-8-3-1-2-7(6-8)9(13)12-4-5-15-10(12)14/h1-3,6H,4-5H2. The summed E-state index contributed by atoms with van der Waals surface area (Å²) in [6, 6.07) is 5.66. The van der Waals surface area contributed by atoms with E-state index in [1.165, 1.54) is 34.9 Å². The lowest BCUT2D eigenvalue weighted by Gasteiger charge is -2.14. The zero-order valence-corrected chi connectivity index (χ0v) is 9.41. The first-order chi connectivity index (χ1) is 7.18. The van der Waals surface area contributed by atoms with Crippen molar-refractivity contribution < 1.29 is 9.18 Å². The molecule has 1 aromatic carbocycles. The van der Waals surface area contributed by atoms with Crippen LogP contribution in [0.2, 0.25) is 0 Å². The molecule has 0 aromatic heterocycles. The van der Waals surface area contributed by atoms with Crippen LogP contribution in [0.15, 0.2) is 24.3 Å². The van der Waals surface area contributed by atoms with Gasteiger partial charge in [-0.1, -0.05) is 30.0 Å². The van der Waals surface area contributed by atoms with Gasteiger partial charge in [0.15, 0.2) is 0 Å². The summed E-state index contributed by atoms with van der Waals surface area (Å²) in [4.78, 5) is 13.4. The quantitative estimate of drug-likeness (QED) is 0.704. The molecular weight excluding hydrogens is 233 g/mol. The SMILES string of the molecule is O=C(c1cccc(F)c1)N1CCSC1=S. The van der Waals surface area contributed by atoms with E-state index in [-0.39, 0.29) is 5.91 Å². The zero-order valence-electron chi connectivity index (χ0n) is 7.77. The second-order valence-corrected chi connectivity index (χ2v) is 4.81. The molecule has 78 valence electrons. The molecular formula is C10H8FNOS2. The van der Waals surface area contributed by atoms with Crippen LogP contribution in [0.25, 0.3) is 0 Å². The van der Waals surface area contributed by atoms with Crippen LogP contribution in [-0.2, 0) is 0 Å². The van der Waals surface area contributed by atoms with E-state index < -0.39 is 5.82 Å². The molecule has 0 bridgehead atoms. The predicted octanol–water partition coefficient (Wildman–Crippen LogP) is 2.30. The Bertz CT molecular complexity index is 422. The minimum absolute atomic E-state index is 0.218. The summed E-state index contributed by atoms with van der Waals surface area (Å²) in [6.45, 7) is 0.610. The molecule has 0 radical (unpaired) electrons. The van der Waals surface area contributed by atoms with E-state index in [0.717, 1.165) is 5.75 Å². The van der Waals surface area contributed by atoms with Crippen molar-refractivity contribution in [3.63, 3.8) is 0 Å². The Kier molecular flexibility index (Phi) is 3.02. The maximum absolute atomic E-state index is 12.9. The minimum atomic E-state index is -0.404. The first kappa shape index (κ1) is 10.6. The van der Waals surface area contributed by atoms with Crippen molar-refractivity contribution in [2.45, 2.75) is 0 Å². The largest absolute Gasteiger partial charge is 0.293 e. The van der Waals surface area contributed by atoms with Gasteiger partial charge < -0.3 is 0 Å². The highest BCUT2D eigenvalue weighted by atomic mass is 32.2. The predicted molar refractivity (Wildman–Crippen MR) is 62.5 cm³/mol. The van der Waals surface area contributed by atoms with Gasteiger partial charge in [0.25, 0.3) is 5.91 Å². The molecule has 2 rings (SSSR count). The van der Waals surface area contributed by atoms with E-state index >= 15 is 0 Å². The highest BCUT2D eigenvalue weighted by Crippen LogP contribution is 2.20. The van der Waals surface area contributed by atoms with Gasteiger partial charge in [0.2, 0.25) is 0 Å². The number of hydrogen-bond donors (Lipinski definition) is 0. The third kappa shape index (κ3) is 2.18. The molecule has 1 fully saturated rings. The fraction of sp³-hybridized carbons (Fsp3) is 0.200. The molecule has 1 aromatic rings. The van der Waals surface area contributed by atoms with Crippen molar-refractivity contribution >= 4 is 34.2 Å². The van der Waals surface area contributed by atoms with Crippen molar-refractivity contribution in [1.29, 1.82) is 0 Å². The highest BCUT2D eigenvalue weighted by Gasteiger charge is 2.25. The van der Waals surface area contributed by atoms with Crippen molar-refractivity contribution in [3.8, 4) is 0 Å². The number of amides is 1. The number of benzene rings is 1. The topological polar surface area (TPSA) is 20.3 Å².